The Labute approximate surface area is 105 Å². The molecule has 0 saturated heterocycles. The molecule has 2 heteroatoms. The number of hydrogen-bond acceptors (Lipinski definition) is 2. The fourth-order valence-corrected chi connectivity index (χ4v) is 1.71. The smallest absolute Gasteiger partial charge is 0.0581 e. The number of nitrogens with two attached hydrogens (primary N) is 1. The van der Waals surface area contributed by atoms with Crippen LogP contribution in [0.5, 0.6) is 0 Å². The fourth-order valence-electron chi connectivity index (χ4n) is 1.71. The van der Waals surface area contributed by atoms with Crippen molar-refractivity contribution in [2.45, 2.75) is 32.7 Å². The molecule has 2 nitrogen and oxygen atoms in total. The highest BCUT2D eigenvalue weighted by Gasteiger charge is 2.08. The summed E-state index contributed by atoms with van der Waals surface area (Å²) in [6.07, 6.45) is 0. The molecule has 0 radical (unpaired) electrons. The summed E-state index contributed by atoms with van der Waals surface area (Å²) in [4.78, 5) is 0. The predicted octanol–water partition coefficient (Wildman–Crippen LogP) is 2.42. The first-order valence-electron chi connectivity index (χ1n) is 6.12. The molecule has 0 heterocycles. The van der Waals surface area contributed by atoms with E-state index in [0.717, 1.165) is 0 Å². The zero-order chi connectivity index (χ0) is 12.7. The van der Waals surface area contributed by atoms with Crippen LogP contribution in [0, 0.1) is 11.8 Å². The monoisotopic (exact) mass is 230 g/mol. The van der Waals surface area contributed by atoms with E-state index in [1.807, 2.05) is 6.92 Å². The standard InChI is InChI=1S/C15H22N2/c1-4-5-10-17-15(11-16)14-8-6-13(7-9-14)12(2)3/h6-9,12,15,17H,10-11,16H2,1-3H3. The summed E-state index contributed by atoms with van der Waals surface area (Å²) >= 11 is 0. The van der Waals surface area contributed by atoms with Crippen LogP contribution in [-0.2, 0) is 0 Å². The summed E-state index contributed by atoms with van der Waals surface area (Å²) in [6.45, 7) is 7.52. The van der Waals surface area contributed by atoms with E-state index in [1.165, 1.54) is 11.1 Å². The van der Waals surface area contributed by atoms with Gasteiger partial charge in [0.2, 0.25) is 0 Å². The summed E-state index contributed by atoms with van der Waals surface area (Å²) in [7, 11) is 0. The third-order valence-electron chi connectivity index (χ3n) is 2.85. The Bertz CT molecular complexity index is 382. The Morgan fingerprint density at radius 3 is 2.24 bits per heavy atom. The van der Waals surface area contributed by atoms with Crippen molar-refractivity contribution in [2.75, 3.05) is 13.1 Å². The van der Waals surface area contributed by atoms with Gasteiger partial charge in [-0.1, -0.05) is 44.0 Å². The Morgan fingerprint density at radius 1 is 1.18 bits per heavy atom. The van der Waals surface area contributed by atoms with Gasteiger partial charge >= 0.3 is 0 Å². The van der Waals surface area contributed by atoms with Gasteiger partial charge in [-0.25, -0.2) is 0 Å². The first kappa shape index (κ1) is 13.8. The molecule has 0 aromatic heterocycles. The van der Waals surface area contributed by atoms with E-state index >= 15 is 0 Å². The molecule has 0 fully saturated rings. The van der Waals surface area contributed by atoms with Gasteiger partial charge in [-0.05, 0) is 24.0 Å². The van der Waals surface area contributed by atoms with Crippen LogP contribution in [0.15, 0.2) is 24.3 Å². The van der Waals surface area contributed by atoms with Crippen molar-refractivity contribution in [1.29, 1.82) is 0 Å². The summed E-state index contributed by atoms with van der Waals surface area (Å²) < 4.78 is 0. The van der Waals surface area contributed by atoms with Crippen molar-refractivity contribution in [3.63, 3.8) is 0 Å². The summed E-state index contributed by atoms with van der Waals surface area (Å²) in [6, 6.07) is 8.85. The van der Waals surface area contributed by atoms with Gasteiger partial charge in [-0.3, -0.25) is 5.32 Å². The Hall–Kier alpha value is -1.30. The van der Waals surface area contributed by atoms with Crippen LogP contribution in [0.2, 0.25) is 0 Å². The van der Waals surface area contributed by atoms with E-state index in [1.54, 1.807) is 0 Å². The van der Waals surface area contributed by atoms with Gasteiger partial charge in [0.05, 0.1) is 6.54 Å². The largest absolute Gasteiger partial charge is 0.329 e. The van der Waals surface area contributed by atoms with Crippen molar-refractivity contribution in [1.82, 2.24) is 5.32 Å². The Kier molecular flexibility index (Phi) is 5.76. The molecule has 1 unspecified atom stereocenters. The third-order valence-corrected chi connectivity index (χ3v) is 2.85. The molecule has 17 heavy (non-hydrogen) atoms. The van der Waals surface area contributed by atoms with E-state index < -0.39 is 0 Å². The maximum Gasteiger partial charge on any atom is 0.0581 e. The zero-order valence-electron chi connectivity index (χ0n) is 11.0. The minimum absolute atomic E-state index is 0.192. The maximum atomic E-state index is 5.77. The van der Waals surface area contributed by atoms with Crippen molar-refractivity contribution in [2.24, 2.45) is 5.73 Å². The highest BCUT2D eigenvalue weighted by molar-refractivity contribution is 5.27. The average Bonchev–Trinajstić information content (AvgIpc) is 2.35. The second-order valence-electron chi connectivity index (χ2n) is 4.42. The molecule has 3 N–H and O–H groups in total. The van der Waals surface area contributed by atoms with Crippen molar-refractivity contribution >= 4 is 0 Å². The number of rotatable bonds is 5. The summed E-state index contributed by atoms with van der Waals surface area (Å²) in [5.74, 6) is 6.43. The van der Waals surface area contributed by atoms with Gasteiger partial charge in [0.1, 0.15) is 0 Å². The van der Waals surface area contributed by atoms with E-state index in [0.29, 0.717) is 19.0 Å². The molecule has 0 aliphatic carbocycles. The second kappa shape index (κ2) is 7.11. The molecule has 92 valence electrons. The van der Waals surface area contributed by atoms with Gasteiger partial charge in [-0.15, -0.1) is 5.92 Å². The molecule has 1 aromatic rings. The molecule has 0 amide bonds. The van der Waals surface area contributed by atoms with E-state index in [-0.39, 0.29) is 6.04 Å². The highest BCUT2D eigenvalue weighted by Crippen LogP contribution is 2.18. The van der Waals surface area contributed by atoms with Crippen LogP contribution < -0.4 is 11.1 Å². The second-order valence-corrected chi connectivity index (χ2v) is 4.42. The SMILES string of the molecule is CC#CCNC(CN)c1ccc(C(C)C)cc1. The minimum atomic E-state index is 0.192. The molecular weight excluding hydrogens is 208 g/mol. The Balaban J connectivity index is 2.70. The molecule has 0 aliphatic heterocycles. The van der Waals surface area contributed by atoms with Crippen molar-refractivity contribution in [3.8, 4) is 11.8 Å². The average molecular weight is 230 g/mol. The van der Waals surface area contributed by atoms with Crippen LogP contribution in [0.4, 0.5) is 0 Å². The number of benzene rings is 1. The number of hydrogen-bond donors (Lipinski definition) is 2. The maximum absolute atomic E-state index is 5.77. The lowest BCUT2D eigenvalue weighted by molar-refractivity contribution is 0.581. The lowest BCUT2D eigenvalue weighted by Gasteiger charge is -2.16. The molecule has 1 atom stereocenters. The molecule has 0 spiro atoms. The van der Waals surface area contributed by atoms with E-state index in [9.17, 15) is 0 Å². The number of nitrogens with one attached hydrogen (secondary N) is 1. The molecule has 1 rings (SSSR count). The highest BCUT2D eigenvalue weighted by atomic mass is 14.9. The molecule has 1 aromatic carbocycles. The van der Waals surface area contributed by atoms with Crippen LogP contribution in [-0.4, -0.2) is 13.1 Å². The quantitative estimate of drug-likeness (QED) is 0.762. The van der Waals surface area contributed by atoms with Gasteiger partial charge < -0.3 is 5.73 Å². The summed E-state index contributed by atoms with van der Waals surface area (Å²) in [5, 5.41) is 3.34. The van der Waals surface area contributed by atoms with Crippen molar-refractivity contribution in [3.05, 3.63) is 35.4 Å². The van der Waals surface area contributed by atoms with E-state index in [4.69, 9.17) is 5.73 Å². The van der Waals surface area contributed by atoms with Crippen LogP contribution in [0.25, 0.3) is 0 Å². The van der Waals surface area contributed by atoms with E-state index in [2.05, 4.69) is 55.3 Å². The molecule has 0 bridgehead atoms. The first-order valence-corrected chi connectivity index (χ1v) is 6.12. The Morgan fingerprint density at radius 2 is 1.76 bits per heavy atom. The molecular formula is C15H22N2. The van der Waals surface area contributed by atoms with Crippen LogP contribution >= 0.6 is 0 Å². The lowest BCUT2D eigenvalue weighted by atomic mass is 9.99. The predicted molar refractivity (Wildman–Crippen MR) is 73.8 cm³/mol. The van der Waals surface area contributed by atoms with Gasteiger partial charge in [-0.2, -0.15) is 0 Å². The molecule has 0 saturated carbocycles. The lowest BCUT2D eigenvalue weighted by Crippen LogP contribution is -2.28. The topological polar surface area (TPSA) is 38.0 Å². The van der Waals surface area contributed by atoms with Gasteiger partial charge in [0, 0.05) is 12.6 Å². The summed E-state index contributed by atoms with van der Waals surface area (Å²) in [5.41, 5.74) is 8.36. The minimum Gasteiger partial charge on any atom is -0.329 e. The van der Waals surface area contributed by atoms with Crippen LogP contribution in [0.1, 0.15) is 43.9 Å². The van der Waals surface area contributed by atoms with Gasteiger partial charge in [0.25, 0.3) is 0 Å². The van der Waals surface area contributed by atoms with Gasteiger partial charge in [0.15, 0.2) is 0 Å². The van der Waals surface area contributed by atoms with Crippen molar-refractivity contribution < 1.29 is 0 Å². The normalized spacial score (nSPS) is 12.1. The van der Waals surface area contributed by atoms with Crippen LogP contribution in [0.3, 0.4) is 0 Å². The molecule has 0 aliphatic rings. The fraction of sp³-hybridized carbons (Fsp3) is 0.467. The third kappa shape index (κ3) is 4.22. The zero-order valence-corrected chi connectivity index (χ0v) is 11.0. The first-order chi connectivity index (χ1) is 8.19.